The zero-order valence-corrected chi connectivity index (χ0v) is 10.3. The van der Waals surface area contributed by atoms with Crippen LogP contribution in [0.25, 0.3) is 0 Å². The Balaban J connectivity index is 2.33. The van der Waals surface area contributed by atoms with Gasteiger partial charge in [0.2, 0.25) is 0 Å². The highest BCUT2D eigenvalue weighted by Crippen LogP contribution is 2.09. The van der Waals surface area contributed by atoms with Crippen LogP contribution < -0.4 is 5.56 Å². The largest absolute Gasteiger partial charge is 0.478 e. The number of imidazole rings is 1. The molecule has 0 amide bonds. The fourth-order valence-electron chi connectivity index (χ4n) is 1.49. The summed E-state index contributed by atoms with van der Waals surface area (Å²) in [5, 5.41) is 9.23. The van der Waals surface area contributed by atoms with Crippen LogP contribution in [0.4, 0.5) is 0 Å². The molecule has 6 nitrogen and oxygen atoms in total. The monoisotopic (exact) mass is 267 g/mol. The van der Waals surface area contributed by atoms with Crippen LogP contribution in [0.5, 0.6) is 0 Å². The highest BCUT2D eigenvalue weighted by molar-refractivity contribution is 6.29. The molecule has 0 aliphatic heterocycles. The summed E-state index contributed by atoms with van der Waals surface area (Å²) in [6.45, 7) is 0.238. The predicted molar refractivity (Wildman–Crippen MR) is 65.0 cm³/mol. The maximum atomic E-state index is 11.7. The molecule has 2 aromatic heterocycles. The van der Waals surface area contributed by atoms with E-state index in [0.29, 0.717) is 11.0 Å². The third-order valence-electron chi connectivity index (χ3n) is 2.58. The molecule has 7 heteroatoms. The van der Waals surface area contributed by atoms with E-state index in [1.165, 1.54) is 23.0 Å². The molecular weight excluding hydrogens is 258 g/mol. The first-order valence-electron chi connectivity index (χ1n) is 5.09. The molecule has 0 aromatic carbocycles. The van der Waals surface area contributed by atoms with Gasteiger partial charge in [0.25, 0.3) is 5.56 Å². The van der Waals surface area contributed by atoms with E-state index < -0.39 is 11.5 Å². The summed E-state index contributed by atoms with van der Waals surface area (Å²) in [5.41, 5.74) is -0.428. The minimum atomic E-state index is -1.13. The topological polar surface area (TPSA) is 77.1 Å². The molecule has 0 spiro atoms. The highest BCUT2D eigenvalue weighted by atomic mass is 35.5. The zero-order chi connectivity index (χ0) is 13.3. The van der Waals surface area contributed by atoms with Gasteiger partial charge in [0, 0.05) is 19.3 Å². The number of halogens is 1. The van der Waals surface area contributed by atoms with Crippen LogP contribution in [0, 0.1) is 0 Å². The molecule has 0 radical (unpaired) electrons. The number of pyridine rings is 1. The molecule has 0 bridgehead atoms. The molecule has 0 saturated heterocycles. The molecule has 2 aromatic rings. The number of carbonyl (C=O) groups is 1. The lowest BCUT2D eigenvalue weighted by Crippen LogP contribution is -2.22. The van der Waals surface area contributed by atoms with Gasteiger partial charge in [0.1, 0.15) is 11.0 Å². The molecule has 1 N–H and O–H groups in total. The average Bonchev–Trinajstić information content (AvgIpc) is 2.63. The van der Waals surface area contributed by atoms with Crippen molar-refractivity contribution in [1.82, 2.24) is 14.1 Å². The van der Waals surface area contributed by atoms with Crippen LogP contribution >= 0.6 is 11.6 Å². The maximum Gasteiger partial charge on any atom is 0.335 e. The lowest BCUT2D eigenvalue weighted by atomic mass is 10.3. The van der Waals surface area contributed by atoms with Crippen LogP contribution in [0.1, 0.15) is 16.2 Å². The Morgan fingerprint density at radius 2 is 2.28 bits per heavy atom. The van der Waals surface area contributed by atoms with Gasteiger partial charge in [0.05, 0.1) is 18.3 Å². The van der Waals surface area contributed by atoms with Gasteiger partial charge >= 0.3 is 5.97 Å². The quantitative estimate of drug-likeness (QED) is 0.899. The zero-order valence-electron chi connectivity index (χ0n) is 9.50. The molecule has 2 heterocycles. The summed E-state index contributed by atoms with van der Waals surface area (Å²) in [7, 11) is 1.74. The van der Waals surface area contributed by atoms with Crippen molar-refractivity contribution in [3.63, 3.8) is 0 Å². The molecule has 0 aliphatic carbocycles. The van der Waals surface area contributed by atoms with E-state index in [4.69, 9.17) is 16.7 Å². The molecular formula is C11H10ClN3O3. The number of aromatic nitrogens is 3. The molecule has 2 rings (SSSR count). The van der Waals surface area contributed by atoms with Gasteiger partial charge in [0.15, 0.2) is 0 Å². The fourth-order valence-corrected chi connectivity index (χ4v) is 1.64. The van der Waals surface area contributed by atoms with E-state index >= 15 is 0 Å². The molecule has 0 saturated carbocycles. The Morgan fingerprint density at radius 3 is 2.78 bits per heavy atom. The standard InChI is InChI=1S/C11H10ClN3O3/c1-14-8(12)5-13-9(14)6-15-3-2-7(11(17)18)4-10(15)16/h2-5H,6H2,1H3,(H,17,18). The Labute approximate surface area is 107 Å². The molecule has 18 heavy (non-hydrogen) atoms. The van der Waals surface area contributed by atoms with E-state index in [1.54, 1.807) is 11.6 Å². The lowest BCUT2D eigenvalue weighted by Gasteiger charge is -2.06. The summed E-state index contributed by atoms with van der Waals surface area (Å²) in [4.78, 5) is 26.5. The van der Waals surface area contributed by atoms with Crippen LogP contribution in [0.2, 0.25) is 5.15 Å². The van der Waals surface area contributed by atoms with Gasteiger partial charge in [-0.25, -0.2) is 9.78 Å². The van der Waals surface area contributed by atoms with Crippen LogP contribution in [0.3, 0.4) is 0 Å². The second-order valence-electron chi connectivity index (χ2n) is 3.74. The smallest absolute Gasteiger partial charge is 0.335 e. The normalized spacial score (nSPS) is 10.6. The number of hydrogen-bond acceptors (Lipinski definition) is 3. The van der Waals surface area contributed by atoms with Gasteiger partial charge in [-0.2, -0.15) is 0 Å². The first-order chi connectivity index (χ1) is 8.49. The number of rotatable bonds is 3. The third kappa shape index (κ3) is 2.28. The number of aromatic carboxylic acids is 1. The summed E-state index contributed by atoms with van der Waals surface area (Å²) >= 11 is 5.84. The van der Waals surface area contributed by atoms with Gasteiger partial charge < -0.3 is 14.2 Å². The van der Waals surface area contributed by atoms with Gasteiger partial charge in [-0.3, -0.25) is 4.79 Å². The van der Waals surface area contributed by atoms with E-state index in [0.717, 1.165) is 6.07 Å². The van der Waals surface area contributed by atoms with E-state index in [2.05, 4.69) is 4.98 Å². The first kappa shape index (κ1) is 12.4. The minimum absolute atomic E-state index is 0.0332. The highest BCUT2D eigenvalue weighted by Gasteiger charge is 2.08. The third-order valence-corrected chi connectivity index (χ3v) is 2.93. The minimum Gasteiger partial charge on any atom is -0.478 e. The average molecular weight is 268 g/mol. The van der Waals surface area contributed by atoms with E-state index in [-0.39, 0.29) is 12.1 Å². The number of carboxylic acid groups (broad SMARTS) is 1. The van der Waals surface area contributed by atoms with Crippen molar-refractivity contribution in [1.29, 1.82) is 0 Å². The SMILES string of the molecule is Cn1c(Cl)cnc1Cn1ccc(C(=O)O)cc1=O. The lowest BCUT2D eigenvalue weighted by molar-refractivity contribution is 0.0696. The maximum absolute atomic E-state index is 11.7. The first-order valence-corrected chi connectivity index (χ1v) is 5.46. The molecule has 0 aliphatic rings. The van der Waals surface area contributed by atoms with Crippen molar-refractivity contribution in [3.8, 4) is 0 Å². The van der Waals surface area contributed by atoms with Crippen molar-refractivity contribution in [2.45, 2.75) is 6.54 Å². The van der Waals surface area contributed by atoms with E-state index in [9.17, 15) is 9.59 Å². The number of hydrogen-bond donors (Lipinski definition) is 1. The van der Waals surface area contributed by atoms with Crippen molar-refractivity contribution in [3.05, 3.63) is 51.4 Å². The van der Waals surface area contributed by atoms with Crippen LogP contribution in [-0.4, -0.2) is 25.2 Å². The Bertz CT molecular complexity index is 660. The summed E-state index contributed by atoms with van der Waals surface area (Å²) in [5.74, 6) is -0.510. The predicted octanol–water partition coefficient (Wildman–Crippen LogP) is 0.982. The number of carboxylic acids is 1. The molecule has 0 fully saturated rings. The summed E-state index contributed by atoms with van der Waals surface area (Å²) in [6.07, 6.45) is 2.92. The van der Waals surface area contributed by atoms with Gasteiger partial charge in [-0.15, -0.1) is 0 Å². The Morgan fingerprint density at radius 1 is 1.56 bits per heavy atom. The second kappa shape index (κ2) is 4.66. The van der Waals surface area contributed by atoms with Crippen LogP contribution in [0.15, 0.2) is 29.3 Å². The molecule has 94 valence electrons. The fraction of sp³-hybridized carbons (Fsp3) is 0.182. The van der Waals surface area contributed by atoms with Crippen molar-refractivity contribution >= 4 is 17.6 Å². The van der Waals surface area contributed by atoms with Gasteiger partial charge in [-0.1, -0.05) is 11.6 Å². The summed E-state index contributed by atoms with van der Waals surface area (Å²) < 4.78 is 3.02. The van der Waals surface area contributed by atoms with Crippen molar-refractivity contribution in [2.75, 3.05) is 0 Å². The Hall–Kier alpha value is -2.08. The van der Waals surface area contributed by atoms with E-state index in [1.807, 2.05) is 0 Å². The number of nitrogens with zero attached hydrogens (tertiary/aromatic N) is 3. The van der Waals surface area contributed by atoms with Crippen molar-refractivity contribution < 1.29 is 9.90 Å². The molecule has 0 unspecified atom stereocenters. The second-order valence-corrected chi connectivity index (χ2v) is 4.13. The molecule has 0 atom stereocenters. The van der Waals surface area contributed by atoms with Crippen molar-refractivity contribution in [2.24, 2.45) is 7.05 Å². The Kier molecular flexibility index (Phi) is 3.20. The summed E-state index contributed by atoms with van der Waals surface area (Å²) in [6, 6.07) is 2.45. The van der Waals surface area contributed by atoms with Gasteiger partial charge in [-0.05, 0) is 6.07 Å². The van der Waals surface area contributed by atoms with Crippen LogP contribution in [-0.2, 0) is 13.6 Å².